The number of benzene rings is 2. The van der Waals surface area contributed by atoms with Crippen LogP contribution in [0.1, 0.15) is 34.5 Å². The molecule has 21 heavy (non-hydrogen) atoms. The zero-order valence-electron chi connectivity index (χ0n) is 12.0. The zero-order chi connectivity index (χ0) is 15.2. The fraction of sp³-hybridized carbons (Fsp3) is 0.176. The number of hydrogen-bond donors (Lipinski definition) is 1. The number of methoxy groups -OCH3 is 1. The number of nitrogens with one attached hydrogen (secondary N) is 1. The Hall–Kier alpha value is -2.80. The Morgan fingerprint density at radius 3 is 2.48 bits per heavy atom. The van der Waals surface area contributed by atoms with Gasteiger partial charge in [-0.25, -0.2) is 4.79 Å². The molecule has 2 rings (SSSR count). The molecular weight excluding hydrogens is 264 g/mol. The van der Waals surface area contributed by atoms with E-state index in [2.05, 4.69) is 11.4 Å². The van der Waals surface area contributed by atoms with Gasteiger partial charge in [-0.05, 0) is 36.8 Å². The maximum atomic E-state index is 11.7. The molecule has 4 heteroatoms. The first kappa shape index (κ1) is 14.6. The molecule has 2 aromatic rings. The number of ether oxygens (including phenoxy) is 1. The van der Waals surface area contributed by atoms with E-state index in [9.17, 15) is 4.79 Å². The van der Waals surface area contributed by atoms with E-state index in [1.807, 2.05) is 31.2 Å². The van der Waals surface area contributed by atoms with E-state index in [1.165, 1.54) is 7.11 Å². The average molecular weight is 280 g/mol. The normalized spacial score (nSPS) is 11.3. The number of para-hydroxylation sites is 1. The highest BCUT2D eigenvalue weighted by molar-refractivity contribution is 5.95. The molecule has 0 fully saturated rings. The third-order valence-corrected chi connectivity index (χ3v) is 3.24. The van der Waals surface area contributed by atoms with Crippen LogP contribution in [0.15, 0.2) is 48.5 Å². The van der Waals surface area contributed by atoms with Crippen LogP contribution in [0.25, 0.3) is 0 Å². The lowest BCUT2D eigenvalue weighted by molar-refractivity contribution is 0.0602. The van der Waals surface area contributed by atoms with Gasteiger partial charge >= 0.3 is 5.97 Å². The Kier molecular flexibility index (Phi) is 4.57. The van der Waals surface area contributed by atoms with Crippen LogP contribution in [0.2, 0.25) is 0 Å². The monoisotopic (exact) mass is 280 g/mol. The SMILES string of the molecule is COC(=O)c1ccccc1NC(C)c1ccc(C#N)cc1. The molecule has 0 aliphatic heterocycles. The van der Waals surface area contributed by atoms with E-state index in [4.69, 9.17) is 10.00 Å². The molecule has 0 heterocycles. The minimum absolute atomic E-state index is 0.00329. The highest BCUT2D eigenvalue weighted by atomic mass is 16.5. The number of anilines is 1. The highest BCUT2D eigenvalue weighted by Gasteiger charge is 2.13. The Bertz CT molecular complexity index is 672. The van der Waals surface area contributed by atoms with Crippen molar-refractivity contribution in [2.45, 2.75) is 13.0 Å². The molecule has 0 saturated heterocycles. The minimum Gasteiger partial charge on any atom is -0.465 e. The summed E-state index contributed by atoms with van der Waals surface area (Å²) in [5.41, 5.74) is 2.89. The zero-order valence-corrected chi connectivity index (χ0v) is 12.0. The Morgan fingerprint density at radius 2 is 1.86 bits per heavy atom. The molecule has 0 radical (unpaired) electrons. The summed E-state index contributed by atoms with van der Waals surface area (Å²) in [6.45, 7) is 2.00. The molecule has 0 bridgehead atoms. The van der Waals surface area contributed by atoms with Gasteiger partial charge in [0.15, 0.2) is 0 Å². The number of nitriles is 1. The number of esters is 1. The predicted molar refractivity (Wildman–Crippen MR) is 81.0 cm³/mol. The van der Waals surface area contributed by atoms with Crippen molar-refractivity contribution in [2.75, 3.05) is 12.4 Å². The summed E-state index contributed by atoms with van der Waals surface area (Å²) >= 11 is 0. The van der Waals surface area contributed by atoms with Crippen molar-refractivity contribution in [3.8, 4) is 6.07 Å². The third kappa shape index (κ3) is 3.40. The summed E-state index contributed by atoms with van der Waals surface area (Å²) in [6.07, 6.45) is 0. The van der Waals surface area contributed by atoms with Crippen LogP contribution in [0.3, 0.4) is 0 Å². The van der Waals surface area contributed by atoms with Crippen molar-refractivity contribution >= 4 is 11.7 Å². The summed E-state index contributed by atoms with van der Waals surface area (Å²) in [7, 11) is 1.36. The molecule has 106 valence electrons. The predicted octanol–water partition coefficient (Wildman–Crippen LogP) is 3.52. The lowest BCUT2D eigenvalue weighted by atomic mass is 10.1. The molecule has 1 atom stereocenters. The first-order valence-electron chi connectivity index (χ1n) is 6.59. The molecule has 0 saturated carbocycles. The van der Waals surface area contributed by atoms with Crippen LogP contribution in [-0.2, 0) is 4.74 Å². The van der Waals surface area contributed by atoms with Gasteiger partial charge in [0.2, 0.25) is 0 Å². The average Bonchev–Trinajstić information content (AvgIpc) is 2.54. The molecule has 0 amide bonds. The molecule has 0 spiro atoms. The van der Waals surface area contributed by atoms with E-state index >= 15 is 0 Å². The van der Waals surface area contributed by atoms with Gasteiger partial charge in [0.1, 0.15) is 0 Å². The van der Waals surface area contributed by atoms with Crippen LogP contribution in [0.4, 0.5) is 5.69 Å². The molecule has 0 aromatic heterocycles. The lowest BCUT2D eigenvalue weighted by Gasteiger charge is -2.17. The van der Waals surface area contributed by atoms with Crippen LogP contribution < -0.4 is 5.32 Å². The second-order valence-electron chi connectivity index (χ2n) is 4.64. The van der Waals surface area contributed by atoms with Crippen molar-refractivity contribution in [3.63, 3.8) is 0 Å². The van der Waals surface area contributed by atoms with Gasteiger partial charge < -0.3 is 10.1 Å². The van der Waals surface area contributed by atoms with Crippen LogP contribution in [0, 0.1) is 11.3 Å². The number of rotatable bonds is 4. The van der Waals surface area contributed by atoms with E-state index in [0.29, 0.717) is 11.1 Å². The van der Waals surface area contributed by atoms with Crippen LogP contribution in [-0.4, -0.2) is 13.1 Å². The summed E-state index contributed by atoms with van der Waals surface area (Å²) in [6, 6.07) is 16.7. The smallest absolute Gasteiger partial charge is 0.339 e. The van der Waals surface area contributed by atoms with Gasteiger partial charge in [0.05, 0.1) is 24.3 Å². The molecular formula is C17H16N2O2. The van der Waals surface area contributed by atoms with Gasteiger partial charge in [-0.15, -0.1) is 0 Å². The number of hydrogen-bond acceptors (Lipinski definition) is 4. The van der Waals surface area contributed by atoms with E-state index in [0.717, 1.165) is 11.3 Å². The largest absolute Gasteiger partial charge is 0.465 e. The number of carbonyl (C=O) groups is 1. The van der Waals surface area contributed by atoms with Crippen molar-refractivity contribution < 1.29 is 9.53 Å². The Labute approximate surface area is 124 Å². The molecule has 0 aliphatic carbocycles. The fourth-order valence-electron chi connectivity index (χ4n) is 2.06. The maximum absolute atomic E-state index is 11.7. The van der Waals surface area contributed by atoms with Crippen molar-refractivity contribution in [2.24, 2.45) is 0 Å². The van der Waals surface area contributed by atoms with Crippen LogP contribution >= 0.6 is 0 Å². The molecule has 0 aliphatic rings. The Morgan fingerprint density at radius 1 is 1.19 bits per heavy atom. The van der Waals surface area contributed by atoms with E-state index in [1.54, 1.807) is 24.3 Å². The first-order valence-corrected chi connectivity index (χ1v) is 6.59. The summed E-state index contributed by atoms with van der Waals surface area (Å²) in [5.74, 6) is -0.370. The third-order valence-electron chi connectivity index (χ3n) is 3.24. The van der Waals surface area contributed by atoms with Crippen molar-refractivity contribution in [1.82, 2.24) is 0 Å². The van der Waals surface area contributed by atoms with Gasteiger partial charge in [-0.2, -0.15) is 5.26 Å². The van der Waals surface area contributed by atoms with Crippen molar-refractivity contribution in [3.05, 3.63) is 65.2 Å². The highest BCUT2D eigenvalue weighted by Crippen LogP contribution is 2.23. The van der Waals surface area contributed by atoms with E-state index < -0.39 is 0 Å². The molecule has 4 nitrogen and oxygen atoms in total. The van der Waals surface area contributed by atoms with Crippen molar-refractivity contribution in [1.29, 1.82) is 5.26 Å². The topological polar surface area (TPSA) is 62.1 Å². The number of carbonyl (C=O) groups excluding carboxylic acids is 1. The number of nitrogens with zero attached hydrogens (tertiary/aromatic N) is 1. The second kappa shape index (κ2) is 6.58. The second-order valence-corrected chi connectivity index (χ2v) is 4.64. The molecule has 1 unspecified atom stereocenters. The van der Waals surface area contributed by atoms with Gasteiger partial charge in [-0.3, -0.25) is 0 Å². The summed E-state index contributed by atoms with van der Waals surface area (Å²) < 4.78 is 4.78. The first-order chi connectivity index (χ1) is 10.2. The molecule has 1 N–H and O–H groups in total. The van der Waals surface area contributed by atoms with Gasteiger partial charge in [0, 0.05) is 11.7 Å². The Balaban J connectivity index is 2.21. The summed E-state index contributed by atoms with van der Waals surface area (Å²) in [5, 5.41) is 12.1. The molecule has 2 aromatic carbocycles. The quantitative estimate of drug-likeness (QED) is 0.870. The standard InChI is InChI=1S/C17H16N2O2/c1-12(14-9-7-13(11-18)8-10-14)19-16-6-4-3-5-15(16)17(20)21-2/h3-10,12,19H,1-2H3. The maximum Gasteiger partial charge on any atom is 0.339 e. The lowest BCUT2D eigenvalue weighted by Crippen LogP contribution is -2.11. The van der Waals surface area contributed by atoms with E-state index in [-0.39, 0.29) is 12.0 Å². The van der Waals surface area contributed by atoms with Gasteiger partial charge in [0.25, 0.3) is 0 Å². The van der Waals surface area contributed by atoms with Crippen LogP contribution in [0.5, 0.6) is 0 Å². The van der Waals surface area contributed by atoms with Gasteiger partial charge in [-0.1, -0.05) is 24.3 Å². The minimum atomic E-state index is -0.370. The summed E-state index contributed by atoms with van der Waals surface area (Å²) in [4.78, 5) is 11.7. The fourth-order valence-corrected chi connectivity index (χ4v) is 2.06.